The van der Waals surface area contributed by atoms with Crippen molar-refractivity contribution in [2.45, 2.75) is 36.1 Å². The van der Waals surface area contributed by atoms with E-state index in [1.807, 2.05) is 48.5 Å². The Bertz CT molecular complexity index is 1280. The van der Waals surface area contributed by atoms with Crippen molar-refractivity contribution in [2.75, 3.05) is 13.1 Å². The molecule has 5 rings (SSSR count). The van der Waals surface area contributed by atoms with E-state index >= 15 is 0 Å². The Morgan fingerprint density at radius 3 is 2.29 bits per heavy atom. The molecule has 0 bridgehead atoms. The standard InChI is InChI=1S/C22H22N2O2S2.C2HF3O2/c25-28(26)21-9-5-4-8-20(21)22(24(28)15-18-6-2-1-3-7-18)11-12-23(17-22)14-19-10-13-27-16-19;3-2(4,5)1(6)7/h1-10,13,16H,11-12,14-15,17H2;(H,6,7). The van der Waals surface area contributed by atoms with Crippen molar-refractivity contribution in [1.82, 2.24) is 9.21 Å². The number of aliphatic carboxylic acids is 1. The second-order valence-corrected chi connectivity index (χ2v) is 11.0. The summed E-state index contributed by atoms with van der Waals surface area (Å²) in [7, 11) is -3.51. The van der Waals surface area contributed by atoms with Crippen LogP contribution >= 0.6 is 11.3 Å². The Morgan fingerprint density at radius 2 is 1.66 bits per heavy atom. The molecule has 2 aliphatic rings. The Labute approximate surface area is 205 Å². The van der Waals surface area contributed by atoms with E-state index in [-0.39, 0.29) is 0 Å². The first-order valence-electron chi connectivity index (χ1n) is 10.7. The highest BCUT2D eigenvalue weighted by Gasteiger charge is 2.56. The lowest BCUT2D eigenvalue weighted by atomic mass is 9.88. The molecule has 1 saturated heterocycles. The molecule has 11 heteroatoms. The van der Waals surface area contributed by atoms with Crippen molar-refractivity contribution in [3.05, 3.63) is 88.1 Å². The summed E-state index contributed by atoms with van der Waals surface area (Å²) < 4.78 is 60.5. The number of benzene rings is 2. The molecule has 3 aromatic rings. The molecule has 3 heterocycles. The molecular formula is C24H23F3N2O4S2. The van der Waals surface area contributed by atoms with Gasteiger partial charge >= 0.3 is 12.1 Å². The molecule has 1 spiro atoms. The van der Waals surface area contributed by atoms with Crippen molar-refractivity contribution in [3.63, 3.8) is 0 Å². The number of likely N-dealkylation sites (tertiary alicyclic amines) is 1. The van der Waals surface area contributed by atoms with E-state index < -0.39 is 27.7 Å². The minimum Gasteiger partial charge on any atom is -0.475 e. The van der Waals surface area contributed by atoms with Crippen LogP contribution in [0.5, 0.6) is 0 Å². The Kier molecular flexibility index (Phi) is 7.05. The van der Waals surface area contributed by atoms with Gasteiger partial charge in [0.1, 0.15) is 0 Å². The van der Waals surface area contributed by atoms with Crippen LogP contribution in [0.2, 0.25) is 0 Å². The highest BCUT2D eigenvalue weighted by atomic mass is 32.2. The summed E-state index contributed by atoms with van der Waals surface area (Å²) in [6.07, 6.45) is -4.26. The summed E-state index contributed by atoms with van der Waals surface area (Å²) in [4.78, 5) is 11.8. The lowest BCUT2D eigenvalue weighted by Crippen LogP contribution is -2.45. The minimum absolute atomic E-state index is 0.407. The first-order chi connectivity index (χ1) is 16.5. The van der Waals surface area contributed by atoms with Gasteiger partial charge in [0.2, 0.25) is 10.0 Å². The maximum atomic E-state index is 13.5. The van der Waals surface area contributed by atoms with Gasteiger partial charge in [-0.3, -0.25) is 4.90 Å². The van der Waals surface area contributed by atoms with Gasteiger partial charge in [0, 0.05) is 26.2 Å². The molecule has 2 aromatic carbocycles. The van der Waals surface area contributed by atoms with E-state index in [2.05, 4.69) is 21.7 Å². The third kappa shape index (κ3) is 5.13. The molecule has 1 N–H and O–H groups in total. The summed E-state index contributed by atoms with van der Waals surface area (Å²) in [5, 5.41) is 11.4. The molecule has 35 heavy (non-hydrogen) atoms. The van der Waals surface area contributed by atoms with Crippen LogP contribution in [-0.4, -0.2) is 48.0 Å². The summed E-state index contributed by atoms with van der Waals surface area (Å²) in [6.45, 7) is 2.90. The molecule has 2 aliphatic heterocycles. The second kappa shape index (κ2) is 9.73. The third-order valence-electron chi connectivity index (χ3n) is 6.16. The predicted molar refractivity (Wildman–Crippen MR) is 125 cm³/mol. The van der Waals surface area contributed by atoms with E-state index in [0.717, 1.165) is 37.2 Å². The highest BCUT2D eigenvalue weighted by Crippen LogP contribution is 2.50. The maximum absolute atomic E-state index is 13.5. The van der Waals surface area contributed by atoms with E-state index in [1.165, 1.54) is 5.56 Å². The van der Waals surface area contributed by atoms with Gasteiger partial charge in [-0.15, -0.1) is 0 Å². The Morgan fingerprint density at radius 1 is 1.00 bits per heavy atom. The van der Waals surface area contributed by atoms with Gasteiger partial charge in [-0.25, -0.2) is 13.2 Å². The van der Waals surface area contributed by atoms with Crippen molar-refractivity contribution in [3.8, 4) is 0 Å². The van der Waals surface area contributed by atoms with Crippen molar-refractivity contribution < 1.29 is 31.5 Å². The van der Waals surface area contributed by atoms with Crippen LogP contribution < -0.4 is 0 Å². The topological polar surface area (TPSA) is 77.9 Å². The largest absolute Gasteiger partial charge is 0.490 e. The molecule has 1 aromatic heterocycles. The van der Waals surface area contributed by atoms with Crippen LogP contribution in [0.1, 0.15) is 23.1 Å². The van der Waals surface area contributed by atoms with Gasteiger partial charge in [-0.05, 0) is 46.0 Å². The molecule has 0 aliphatic carbocycles. The summed E-state index contributed by atoms with van der Waals surface area (Å²) in [5.41, 5.74) is 2.79. The summed E-state index contributed by atoms with van der Waals surface area (Å²) >= 11 is 1.70. The van der Waals surface area contributed by atoms with Crippen LogP contribution in [0, 0.1) is 0 Å². The fourth-order valence-corrected chi connectivity index (χ4v) is 7.33. The van der Waals surface area contributed by atoms with Crippen LogP contribution in [0.3, 0.4) is 0 Å². The van der Waals surface area contributed by atoms with Gasteiger partial charge in [0.05, 0.1) is 10.4 Å². The normalized spacial score (nSPS) is 21.5. The zero-order valence-electron chi connectivity index (χ0n) is 18.5. The molecular weight excluding hydrogens is 501 g/mol. The van der Waals surface area contributed by atoms with Crippen LogP contribution in [-0.2, 0) is 33.4 Å². The molecule has 0 saturated carbocycles. The number of thiophene rings is 1. The predicted octanol–water partition coefficient (Wildman–Crippen LogP) is 4.69. The van der Waals surface area contributed by atoms with Crippen molar-refractivity contribution in [1.29, 1.82) is 0 Å². The van der Waals surface area contributed by atoms with E-state index in [4.69, 9.17) is 9.90 Å². The van der Waals surface area contributed by atoms with Crippen LogP contribution in [0.15, 0.2) is 76.3 Å². The molecule has 6 nitrogen and oxygen atoms in total. The number of sulfonamides is 1. The first-order valence-corrected chi connectivity index (χ1v) is 13.1. The average molecular weight is 525 g/mol. The SMILES string of the molecule is O=C(O)C(F)(F)F.O=S1(=O)c2ccccc2C2(CCN(Cc3ccsc3)C2)N1Cc1ccccc1. The van der Waals surface area contributed by atoms with Gasteiger partial charge in [0.25, 0.3) is 0 Å². The zero-order chi connectivity index (χ0) is 25.3. The van der Waals surface area contributed by atoms with Gasteiger partial charge < -0.3 is 5.11 Å². The molecule has 0 radical (unpaired) electrons. The minimum atomic E-state index is -5.08. The zero-order valence-corrected chi connectivity index (χ0v) is 20.1. The highest BCUT2D eigenvalue weighted by molar-refractivity contribution is 7.89. The van der Waals surface area contributed by atoms with E-state index in [1.54, 1.807) is 21.7 Å². The smallest absolute Gasteiger partial charge is 0.475 e. The van der Waals surface area contributed by atoms with Crippen LogP contribution in [0.4, 0.5) is 13.2 Å². The monoisotopic (exact) mass is 524 g/mol. The number of hydrogen-bond donors (Lipinski definition) is 1. The average Bonchev–Trinajstić information content (AvgIpc) is 3.52. The fourth-order valence-electron chi connectivity index (χ4n) is 4.61. The van der Waals surface area contributed by atoms with Crippen molar-refractivity contribution in [2.24, 2.45) is 0 Å². The number of nitrogens with zero attached hydrogens (tertiary/aromatic N) is 2. The van der Waals surface area contributed by atoms with Crippen LogP contribution in [0.25, 0.3) is 0 Å². The lowest BCUT2D eigenvalue weighted by Gasteiger charge is -2.34. The number of halogens is 3. The number of fused-ring (bicyclic) bond motifs is 2. The lowest BCUT2D eigenvalue weighted by molar-refractivity contribution is -0.192. The van der Waals surface area contributed by atoms with E-state index in [9.17, 15) is 21.6 Å². The number of alkyl halides is 3. The van der Waals surface area contributed by atoms with Crippen molar-refractivity contribution >= 4 is 27.3 Å². The van der Waals surface area contributed by atoms with Gasteiger partial charge in [0.15, 0.2) is 0 Å². The quantitative estimate of drug-likeness (QED) is 0.536. The third-order valence-corrected chi connectivity index (χ3v) is 8.86. The maximum Gasteiger partial charge on any atom is 0.490 e. The molecule has 1 atom stereocenters. The Hall–Kier alpha value is -2.73. The van der Waals surface area contributed by atoms with Gasteiger partial charge in [-0.1, -0.05) is 48.5 Å². The summed E-state index contributed by atoms with van der Waals surface area (Å²) in [5.74, 6) is -2.76. The number of carboxylic acid groups (broad SMARTS) is 1. The van der Waals surface area contributed by atoms with Gasteiger partial charge in [-0.2, -0.15) is 28.8 Å². The molecule has 0 amide bonds. The number of rotatable bonds is 4. The molecule has 1 fully saturated rings. The molecule has 186 valence electrons. The Balaban J connectivity index is 0.000000364. The number of carbonyl (C=O) groups is 1. The second-order valence-electron chi connectivity index (χ2n) is 8.42. The number of hydrogen-bond acceptors (Lipinski definition) is 5. The molecule has 1 unspecified atom stereocenters. The summed E-state index contributed by atoms with van der Waals surface area (Å²) in [6, 6.07) is 19.6. The first kappa shape index (κ1) is 25.4. The van der Waals surface area contributed by atoms with E-state index in [0.29, 0.717) is 11.4 Å². The fraction of sp³-hybridized carbons (Fsp3) is 0.292. The number of carboxylic acids is 1.